The molecule has 1 saturated heterocycles. The topological polar surface area (TPSA) is 49.6 Å². The number of aryl methyl sites for hydroxylation is 1. The van der Waals surface area contributed by atoms with Crippen LogP contribution in [0.25, 0.3) is 0 Å². The van der Waals surface area contributed by atoms with Crippen LogP contribution in [0, 0.1) is 12.7 Å². The number of carbonyl (C=O) groups is 1. The van der Waals surface area contributed by atoms with Crippen molar-refractivity contribution in [2.75, 3.05) is 32.7 Å². The summed E-state index contributed by atoms with van der Waals surface area (Å²) in [5, 5.41) is 0. The molecule has 0 bridgehead atoms. The molecule has 4 nitrogen and oxygen atoms in total. The summed E-state index contributed by atoms with van der Waals surface area (Å²) >= 11 is 0. The summed E-state index contributed by atoms with van der Waals surface area (Å²) in [6.45, 7) is 7.57. The van der Waals surface area contributed by atoms with Gasteiger partial charge in [-0.3, -0.25) is 9.69 Å². The maximum absolute atomic E-state index is 13.4. The second kappa shape index (κ2) is 7.00. The molecule has 0 radical (unpaired) electrons. The molecular formula is C16H24FN3O. The highest BCUT2D eigenvalue weighted by Crippen LogP contribution is 2.14. The third-order valence-electron chi connectivity index (χ3n) is 4.15. The number of hydrogen-bond acceptors (Lipinski definition) is 3. The van der Waals surface area contributed by atoms with Crippen LogP contribution < -0.4 is 5.73 Å². The van der Waals surface area contributed by atoms with E-state index in [1.807, 2.05) is 0 Å². The quantitative estimate of drug-likeness (QED) is 0.918. The van der Waals surface area contributed by atoms with Crippen molar-refractivity contribution in [3.05, 3.63) is 35.1 Å². The fraction of sp³-hybridized carbons (Fsp3) is 0.562. The zero-order valence-corrected chi connectivity index (χ0v) is 12.8. The van der Waals surface area contributed by atoms with Crippen LogP contribution in [-0.2, 0) is 0 Å². The first-order chi connectivity index (χ1) is 10.0. The first-order valence-corrected chi connectivity index (χ1v) is 7.55. The van der Waals surface area contributed by atoms with Gasteiger partial charge >= 0.3 is 0 Å². The molecule has 0 spiro atoms. The highest BCUT2D eigenvalue weighted by Gasteiger charge is 2.25. The maximum Gasteiger partial charge on any atom is 0.254 e. The van der Waals surface area contributed by atoms with Gasteiger partial charge in [-0.2, -0.15) is 0 Å². The van der Waals surface area contributed by atoms with Crippen LogP contribution in [0.3, 0.4) is 0 Å². The number of hydrogen-bond donors (Lipinski definition) is 1. The number of nitrogens with zero attached hydrogens (tertiary/aromatic N) is 2. The molecule has 0 saturated carbocycles. The molecule has 0 aromatic heterocycles. The summed E-state index contributed by atoms with van der Waals surface area (Å²) < 4.78 is 13.4. The molecule has 1 amide bonds. The fourth-order valence-corrected chi connectivity index (χ4v) is 2.91. The molecule has 2 rings (SSSR count). The first-order valence-electron chi connectivity index (χ1n) is 7.55. The minimum absolute atomic E-state index is 0.0851. The van der Waals surface area contributed by atoms with Gasteiger partial charge in [0.05, 0.1) is 0 Å². The van der Waals surface area contributed by atoms with Crippen LogP contribution in [0.4, 0.5) is 4.39 Å². The zero-order chi connectivity index (χ0) is 15.4. The van der Waals surface area contributed by atoms with E-state index in [-0.39, 0.29) is 11.7 Å². The van der Waals surface area contributed by atoms with E-state index < -0.39 is 0 Å². The minimum Gasteiger partial charge on any atom is -0.336 e. The number of nitrogens with two attached hydrogens (primary N) is 1. The van der Waals surface area contributed by atoms with Gasteiger partial charge < -0.3 is 10.6 Å². The number of carbonyl (C=O) groups excluding carboxylic acids is 1. The zero-order valence-electron chi connectivity index (χ0n) is 12.8. The lowest BCUT2D eigenvalue weighted by Gasteiger charge is -2.38. The normalized spacial score (nSPS) is 17.8. The molecule has 21 heavy (non-hydrogen) atoms. The summed E-state index contributed by atoms with van der Waals surface area (Å²) in [6, 6.07) is 4.88. The molecule has 5 heteroatoms. The average Bonchev–Trinajstić information content (AvgIpc) is 2.47. The van der Waals surface area contributed by atoms with Crippen molar-refractivity contribution in [3.63, 3.8) is 0 Å². The summed E-state index contributed by atoms with van der Waals surface area (Å²) in [5.41, 5.74) is 6.98. The molecule has 1 fully saturated rings. The molecular weight excluding hydrogens is 269 g/mol. The van der Waals surface area contributed by atoms with Crippen LogP contribution >= 0.6 is 0 Å². The molecule has 1 aliphatic rings. The predicted molar refractivity (Wildman–Crippen MR) is 81.7 cm³/mol. The average molecular weight is 293 g/mol. The Morgan fingerprint density at radius 3 is 2.48 bits per heavy atom. The number of rotatable bonds is 4. The smallest absolute Gasteiger partial charge is 0.254 e. The van der Waals surface area contributed by atoms with Crippen LogP contribution in [0.2, 0.25) is 0 Å². The van der Waals surface area contributed by atoms with Crippen molar-refractivity contribution in [1.29, 1.82) is 0 Å². The van der Waals surface area contributed by atoms with E-state index in [9.17, 15) is 9.18 Å². The van der Waals surface area contributed by atoms with E-state index >= 15 is 0 Å². The monoisotopic (exact) mass is 293 g/mol. The largest absolute Gasteiger partial charge is 0.336 e. The van der Waals surface area contributed by atoms with Gasteiger partial charge in [0, 0.05) is 44.3 Å². The molecule has 0 aliphatic carbocycles. The molecule has 116 valence electrons. The first kappa shape index (κ1) is 15.9. The maximum atomic E-state index is 13.4. The van der Waals surface area contributed by atoms with Crippen molar-refractivity contribution in [1.82, 2.24) is 9.80 Å². The summed E-state index contributed by atoms with van der Waals surface area (Å²) in [6.07, 6.45) is 1.02. The molecule has 1 unspecified atom stereocenters. The Balaban J connectivity index is 2.00. The highest BCUT2D eigenvalue weighted by molar-refractivity contribution is 5.94. The van der Waals surface area contributed by atoms with Crippen molar-refractivity contribution >= 4 is 5.91 Å². The highest BCUT2D eigenvalue weighted by atomic mass is 19.1. The second-order valence-electron chi connectivity index (χ2n) is 5.64. The van der Waals surface area contributed by atoms with E-state index in [2.05, 4.69) is 11.8 Å². The molecule has 1 aromatic carbocycles. The Morgan fingerprint density at radius 2 is 1.95 bits per heavy atom. The van der Waals surface area contributed by atoms with Gasteiger partial charge in [-0.05, 0) is 37.1 Å². The van der Waals surface area contributed by atoms with E-state index in [1.54, 1.807) is 17.9 Å². The van der Waals surface area contributed by atoms with E-state index in [0.29, 0.717) is 31.2 Å². The van der Waals surface area contributed by atoms with Crippen molar-refractivity contribution in [2.24, 2.45) is 5.73 Å². The van der Waals surface area contributed by atoms with E-state index in [0.717, 1.165) is 25.1 Å². The van der Waals surface area contributed by atoms with Gasteiger partial charge in [0.2, 0.25) is 0 Å². The standard InChI is InChI=1S/C16H24FN3O/c1-3-15(11-18)19-4-6-20(7-5-19)16(21)13-8-12(2)9-14(17)10-13/h8-10,15H,3-7,11,18H2,1-2H3. The van der Waals surface area contributed by atoms with E-state index in [4.69, 9.17) is 5.73 Å². The number of halogens is 1. The molecule has 2 N–H and O–H groups in total. The predicted octanol–water partition coefficient (Wildman–Crippen LogP) is 1.63. The van der Waals surface area contributed by atoms with E-state index in [1.165, 1.54) is 12.1 Å². The molecule has 1 aromatic rings. The SMILES string of the molecule is CCC(CN)N1CCN(C(=O)c2cc(C)cc(F)c2)CC1. The summed E-state index contributed by atoms with van der Waals surface area (Å²) in [4.78, 5) is 16.6. The minimum atomic E-state index is -0.355. The second-order valence-corrected chi connectivity index (χ2v) is 5.64. The van der Waals surface area contributed by atoms with Crippen LogP contribution in [-0.4, -0.2) is 54.5 Å². The third kappa shape index (κ3) is 3.80. The summed E-state index contributed by atoms with van der Waals surface area (Å²) in [5.74, 6) is -0.441. The van der Waals surface area contributed by atoms with Gasteiger partial charge in [0.15, 0.2) is 0 Å². The Kier molecular flexibility index (Phi) is 5.31. The lowest BCUT2D eigenvalue weighted by molar-refractivity contribution is 0.0571. The Labute approximate surface area is 125 Å². The van der Waals surface area contributed by atoms with Crippen LogP contribution in [0.15, 0.2) is 18.2 Å². The number of benzene rings is 1. The Hall–Kier alpha value is -1.46. The molecule has 1 aliphatic heterocycles. The summed E-state index contributed by atoms with van der Waals surface area (Å²) in [7, 11) is 0. The lowest BCUT2D eigenvalue weighted by Crippen LogP contribution is -2.53. The van der Waals surface area contributed by atoms with Gasteiger partial charge in [-0.15, -0.1) is 0 Å². The van der Waals surface area contributed by atoms with Crippen molar-refractivity contribution in [2.45, 2.75) is 26.3 Å². The number of piperazine rings is 1. The Morgan fingerprint density at radius 1 is 1.29 bits per heavy atom. The van der Waals surface area contributed by atoms with Crippen molar-refractivity contribution in [3.8, 4) is 0 Å². The lowest BCUT2D eigenvalue weighted by atomic mass is 10.1. The van der Waals surface area contributed by atoms with Crippen LogP contribution in [0.1, 0.15) is 29.3 Å². The molecule has 1 heterocycles. The van der Waals surface area contributed by atoms with Crippen molar-refractivity contribution < 1.29 is 9.18 Å². The van der Waals surface area contributed by atoms with Gasteiger partial charge in [0.1, 0.15) is 5.82 Å². The third-order valence-corrected chi connectivity index (χ3v) is 4.15. The van der Waals surface area contributed by atoms with Crippen LogP contribution in [0.5, 0.6) is 0 Å². The number of amides is 1. The van der Waals surface area contributed by atoms with Gasteiger partial charge in [-0.25, -0.2) is 4.39 Å². The van der Waals surface area contributed by atoms with Gasteiger partial charge in [0.25, 0.3) is 5.91 Å². The van der Waals surface area contributed by atoms with Gasteiger partial charge in [-0.1, -0.05) is 6.92 Å². The fourth-order valence-electron chi connectivity index (χ4n) is 2.91. The Bertz CT molecular complexity index is 474. The molecule has 1 atom stereocenters.